The normalized spacial score (nSPS) is 20.6. The van der Waals surface area contributed by atoms with E-state index in [0.29, 0.717) is 19.7 Å². The molecule has 1 aliphatic rings. The molecule has 0 unspecified atom stereocenters. The lowest BCUT2D eigenvalue weighted by Crippen LogP contribution is -2.48. The second-order valence-corrected chi connectivity index (χ2v) is 13.0. The Balaban J connectivity index is 1.56. The molecule has 6 heteroatoms. The van der Waals surface area contributed by atoms with Crippen LogP contribution in [0.15, 0.2) is 108 Å². The van der Waals surface area contributed by atoms with E-state index in [2.05, 4.69) is 73.2 Å². The molecule has 5 nitrogen and oxygen atoms in total. The lowest BCUT2D eigenvalue weighted by atomic mass is 10.1. The lowest BCUT2D eigenvalue weighted by Gasteiger charge is -2.38. The van der Waals surface area contributed by atoms with E-state index in [9.17, 15) is 0 Å². The van der Waals surface area contributed by atoms with E-state index < -0.39 is 14.6 Å². The summed E-state index contributed by atoms with van der Waals surface area (Å²) in [5.74, 6) is 0. The van der Waals surface area contributed by atoms with Crippen molar-refractivity contribution >= 4 is 14.5 Å². The first kappa shape index (κ1) is 25.1. The summed E-state index contributed by atoms with van der Waals surface area (Å²) in [5.41, 5.74) is 5.31. The molecule has 0 N–H and O–H groups in total. The Morgan fingerprint density at radius 1 is 0.914 bits per heavy atom. The Kier molecular flexibility index (Phi) is 8.66. The van der Waals surface area contributed by atoms with Crippen LogP contribution < -0.4 is 0 Å². The molecule has 0 saturated carbocycles. The van der Waals surface area contributed by atoms with Gasteiger partial charge in [0, 0.05) is 5.56 Å². The van der Waals surface area contributed by atoms with Gasteiger partial charge in [0.05, 0.1) is 25.9 Å². The number of hydrazone groups is 1. The third-order valence-electron chi connectivity index (χ3n) is 5.87. The third kappa shape index (κ3) is 7.47. The predicted molar refractivity (Wildman–Crippen MR) is 143 cm³/mol. The molecule has 0 amide bonds. The van der Waals surface area contributed by atoms with Gasteiger partial charge in [-0.1, -0.05) is 96.7 Å². The van der Waals surface area contributed by atoms with Crippen LogP contribution in [0.4, 0.5) is 0 Å². The molecule has 0 aromatic heterocycles. The van der Waals surface area contributed by atoms with Gasteiger partial charge in [-0.05, 0) is 24.2 Å². The van der Waals surface area contributed by atoms with Crippen LogP contribution in [-0.2, 0) is 27.0 Å². The maximum atomic E-state index is 6.45. The Labute approximate surface area is 209 Å². The Hall–Kier alpha value is -3.03. The molecule has 3 atom stereocenters. The molecule has 1 fully saturated rings. The van der Waals surface area contributed by atoms with Crippen LogP contribution in [0.1, 0.15) is 23.0 Å². The van der Waals surface area contributed by atoms with Crippen molar-refractivity contribution in [1.29, 1.82) is 0 Å². The molecule has 3 aromatic carbocycles. The smallest absolute Gasteiger partial charge is 0.211 e. The Morgan fingerprint density at radius 3 is 2.00 bits per heavy atom. The van der Waals surface area contributed by atoms with Crippen molar-refractivity contribution < 1.29 is 13.9 Å². The molecule has 1 saturated heterocycles. The van der Waals surface area contributed by atoms with Gasteiger partial charge >= 0.3 is 0 Å². The van der Waals surface area contributed by atoms with Gasteiger partial charge in [-0.25, -0.2) is 0 Å². The Morgan fingerprint density at radius 2 is 1.46 bits per heavy atom. The molecule has 35 heavy (non-hydrogen) atoms. The van der Waals surface area contributed by atoms with Crippen molar-refractivity contribution in [3.63, 3.8) is 0 Å². The zero-order valence-electron chi connectivity index (χ0n) is 20.5. The average Bonchev–Trinajstić information content (AvgIpc) is 2.89. The van der Waals surface area contributed by atoms with Gasteiger partial charge in [0.25, 0.3) is 0 Å². The standard InChI is InChI=1S/C29H34N2O3Si/c1-4-35(2,3)34-28-23-32-29(26-18-12-7-13-19-26)33-27(28)20-30-31(21-24-14-8-5-9-15-24)22-25-16-10-6-11-17-25/h4-20,27-29H,1,21-23H2,2-3H3/b30-20+/t27-,28-,29+/m1/s1. The first-order valence-corrected chi connectivity index (χ1v) is 15.0. The van der Waals surface area contributed by atoms with Gasteiger partial charge in [0.2, 0.25) is 8.32 Å². The molecular weight excluding hydrogens is 452 g/mol. The monoisotopic (exact) mass is 486 g/mol. The average molecular weight is 487 g/mol. The summed E-state index contributed by atoms with van der Waals surface area (Å²) in [6.45, 7) is 10.0. The minimum Gasteiger partial charge on any atom is -0.405 e. The molecule has 0 bridgehead atoms. The van der Waals surface area contributed by atoms with E-state index in [4.69, 9.17) is 19.0 Å². The van der Waals surface area contributed by atoms with Crippen LogP contribution >= 0.6 is 0 Å². The Bertz CT molecular complexity index is 1040. The lowest BCUT2D eigenvalue weighted by molar-refractivity contribution is -0.233. The molecule has 0 radical (unpaired) electrons. The minimum atomic E-state index is -2.06. The quantitative estimate of drug-likeness (QED) is 0.197. The summed E-state index contributed by atoms with van der Waals surface area (Å²) in [7, 11) is -2.06. The third-order valence-corrected chi connectivity index (χ3v) is 7.76. The van der Waals surface area contributed by atoms with Gasteiger partial charge in [-0.15, -0.1) is 6.58 Å². The van der Waals surface area contributed by atoms with Gasteiger partial charge in [-0.3, -0.25) is 5.01 Å². The second kappa shape index (κ2) is 12.1. The van der Waals surface area contributed by atoms with E-state index in [1.165, 1.54) is 11.1 Å². The van der Waals surface area contributed by atoms with Crippen LogP contribution in [0.25, 0.3) is 0 Å². The van der Waals surface area contributed by atoms with Gasteiger partial charge < -0.3 is 13.9 Å². The van der Waals surface area contributed by atoms with E-state index in [-0.39, 0.29) is 12.2 Å². The highest BCUT2D eigenvalue weighted by Gasteiger charge is 2.36. The van der Waals surface area contributed by atoms with Crippen LogP contribution in [0.5, 0.6) is 0 Å². The number of ether oxygens (including phenoxy) is 2. The fourth-order valence-electron chi connectivity index (χ4n) is 3.89. The molecule has 0 spiro atoms. The first-order chi connectivity index (χ1) is 17.0. The van der Waals surface area contributed by atoms with Crippen molar-refractivity contribution in [3.8, 4) is 0 Å². The molecule has 182 valence electrons. The fourth-order valence-corrected chi connectivity index (χ4v) is 4.97. The highest BCUT2D eigenvalue weighted by Crippen LogP contribution is 2.28. The van der Waals surface area contributed by atoms with E-state index in [1.807, 2.05) is 54.4 Å². The molecular formula is C29H34N2O3Si. The highest BCUT2D eigenvalue weighted by molar-refractivity contribution is 6.76. The summed E-state index contributed by atoms with van der Waals surface area (Å²) < 4.78 is 18.9. The molecule has 4 rings (SSSR count). The predicted octanol–water partition coefficient (Wildman–Crippen LogP) is 6.10. The zero-order valence-corrected chi connectivity index (χ0v) is 21.5. The molecule has 0 aliphatic carbocycles. The van der Waals surface area contributed by atoms with Crippen LogP contribution in [-0.4, -0.2) is 38.4 Å². The SMILES string of the molecule is C=C[Si](C)(C)O[C@@H]1CO[C@H](c2ccccc2)O[C@@H]1/C=N/N(Cc1ccccc1)Cc1ccccc1. The van der Waals surface area contributed by atoms with E-state index in [1.54, 1.807) is 0 Å². The van der Waals surface area contributed by atoms with Crippen molar-refractivity contribution in [3.05, 3.63) is 120 Å². The van der Waals surface area contributed by atoms with Crippen LogP contribution in [0, 0.1) is 0 Å². The largest absolute Gasteiger partial charge is 0.405 e. The van der Waals surface area contributed by atoms with Gasteiger partial charge in [0.15, 0.2) is 6.29 Å². The summed E-state index contributed by atoms with van der Waals surface area (Å²) in [6, 6.07) is 30.7. The van der Waals surface area contributed by atoms with Gasteiger partial charge in [-0.2, -0.15) is 5.10 Å². The van der Waals surface area contributed by atoms with Crippen molar-refractivity contribution in [2.75, 3.05) is 6.61 Å². The second-order valence-electron chi connectivity index (χ2n) is 9.20. The van der Waals surface area contributed by atoms with Crippen molar-refractivity contribution in [1.82, 2.24) is 5.01 Å². The fraction of sp³-hybridized carbons (Fsp3) is 0.276. The summed E-state index contributed by atoms with van der Waals surface area (Å²) in [6.07, 6.45) is 0.809. The molecule has 1 heterocycles. The molecule has 3 aromatic rings. The van der Waals surface area contributed by atoms with Crippen molar-refractivity contribution in [2.45, 2.75) is 44.7 Å². The van der Waals surface area contributed by atoms with Crippen molar-refractivity contribution in [2.24, 2.45) is 5.10 Å². The molecule has 1 aliphatic heterocycles. The number of rotatable bonds is 10. The van der Waals surface area contributed by atoms with E-state index in [0.717, 1.165) is 5.56 Å². The maximum Gasteiger partial charge on any atom is 0.211 e. The first-order valence-electron chi connectivity index (χ1n) is 12.0. The number of hydrogen-bond acceptors (Lipinski definition) is 5. The topological polar surface area (TPSA) is 43.3 Å². The maximum absolute atomic E-state index is 6.45. The van der Waals surface area contributed by atoms with Crippen LogP contribution in [0.3, 0.4) is 0 Å². The summed E-state index contributed by atoms with van der Waals surface area (Å²) >= 11 is 0. The number of benzene rings is 3. The number of hydrogen-bond donors (Lipinski definition) is 0. The van der Waals surface area contributed by atoms with E-state index >= 15 is 0 Å². The minimum absolute atomic E-state index is 0.256. The highest BCUT2D eigenvalue weighted by atomic mass is 28.4. The van der Waals surface area contributed by atoms with Gasteiger partial charge in [0.1, 0.15) is 12.2 Å². The zero-order chi connectivity index (χ0) is 24.5. The number of nitrogens with zero attached hydrogens (tertiary/aromatic N) is 2. The van der Waals surface area contributed by atoms with Crippen LogP contribution in [0.2, 0.25) is 13.1 Å². The summed E-state index contributed by atoms with van der Waals surface area (Å²) in [4.78, 5) is 0. The summed E-state index contributed by atoms with van der Waals surface area (Å²) in [5, 5.41) is 6.97.